The van der Waals surface area contributed by atoms with Crippen LogP contribution < -0.4 is 9.62 Å². The van der Waals surface area contributed by atoms with E-state index in [2.05, 4.69) is 40.6 Å². The number of hydrogen-bond donors (Lipinski definition) is 2. The van der Waals surface area contributed by atoms with Crippen molar-refractivity contribution in [1.29, 1.82) is 0 Å². The number of anilines is 1. The van der Waals surface area contributed by atoms with Crippen LogP contribution in [0, 0.1) is 5.92 Å². The molecule has 0 radical (unpaired) electrons. The van der Waals surface area contributed by atoms with Crippen LogP contribution in [0.5, 0.6) is 0 Å². The summed E-state index contributed by atoms with van der Waals surface area (Å²) in [5, 5.41) is 1.11. The quantitative estimate of drug-likeness (QED) is 0.487. The molecule has 0 amide bonds. The first-order valence-electron chi connectivity index (χ1n) is 11.6. The first-order valence-corrected chi connectivity index (χ1v) is 13.0. The van der Waals surface area contributed by atoms with E-state index in [1.165, 1.54) is 0 Å². The highest BCUT2D eigenvalue weighted by atomic mass is 32.2. The fourth-order valence-corrected chi connectivity index (χ4v) is 5.55. The normalized spacial score (nSPS) is 15.3. The smallest absolute Gasteiger partial charge is 0.240 e. The van der Waals surface area contributed by atoms with Crippen molar-refractivity contribution in [2.24, 2.45) is 5.92 Å². The minimum Gasteiger partial charge on any atom is -0.381 e. The zero-order valence-electron chi connectivity index (χ0n) is 18.9. The third-order valence-electron chi connectivity index (χ3n) is 6.39. The number of fused-ring (bicyclic) bond motifs is 1. The van der Waals surface area contributed by atoms with E-state index in [9.17, 15) is 8.42 Å². The van der Waals surface area contributed by atoms with Gasteiger partial charge in [-0.05, 0) is 69.4 Å². The number of aromatic amines is 1. The molecule has 1 aromatic heterocycles. The van der Waals surface area contributed by atoms with Gasteiger partial charge in [0.25, 0.3) is 0 Å². The number of aromatic nitrogens is 1. The maximum Gasteiger partial charge on any atom is 0.240 e. The Labute approximate surface area is 191 Å². The maximum atomic E-state index is 13.1. The van der Waals surface area contributed by atoms with Gasteiger partial charge in [-0.3, -0.25) is 0 Å². The molecule has 2 heterocycles. The first kappa shape index (κ1) is 22.8. The first-order chi connectivity index (χ1) is 15.5. The minimum atomic E-state index is -3.59. The average molecular weight is 456 g/mol. The zero-order chi connectivity index (χ0) is 22.6. The number of nitrogens with zero attached hydrogens (tertiary/aromatic N) is 1. The molecule has 1 fully saturated rings. The second-order valence-corrected chi connectivity index (χ2v) is 10.1. The summed E-state index contributed by atoms with van der Waals surface area (Å²) >= 11 is 0. The number of benzene rings is 2. The van der Waals surface area contributed by atoms with E-state index in [0.717, 1.165) is 73.4 Å². The lowest BCUT2D eigenvalue weighted by Gasteiger charge is -2.24. The van der Waals surface area contributed by atoms with E-state index < -0.39 is 10.0 Å². The molecule has 2 N–H and O–H groups in total. The summed E-state index contributed by atoms with van der Waals surface area (Å²) < 4.78 is 34.4. The van der Waals surface area contributed by atoms with Gasteiger partial charge in [0.15, 0.2) is 0 Å². The second kappa shape index (κ2) is 10.1. The molecule has 4 rings (SSSR count). The Hall–Kier alpha value is -2.35. The van der Waals surface area contributed by atoms with Crippen molar-refractivity contribution in [1.82, 2.24) is 9.71 Å². The molecule has 0 bridgehead atoms. The van der Waals surface area contributed by atoms with Crippen molar-refractivity contribution in [2.45, 2.75) is 38.0 Å². The number of ether oxygens (including phenoxy) is 1. The van der Waals surface area contributed by atoms with Crippen molar-refractivity contribution in [3.8, 4) is 11.3 Å². The Morgan fingerprint density at radius 3 is 2.53 bits per heavy atom. The summed E-state index contributed by atoms with van der Waals surface area (Å²) in [7, 11) is -3.59. The highest BCUT2D eigenvalue weighted by Gasteiger charge is 2.20. The summed E-state index contributed by atoms with van der Waals surface area (Å²) in [6, 6.07) is 15.6. The molecule has 0 atom stereocenters. The monoisotopic (exact) mass is 455 g/mol. The van der Waals surface area contributed by atoms with Crippen LogP contribution in [-0.4, -0.2) is 46.2 Å². The number of H-pyrrole nitrogens is 1. The van der Waals surface area contributed by atoms with Gasteiger partial charge >= 0.3 is 0 Å². The molecule has 0 saturated carbocycles. The summed E-state index contributed by atoms with van der Waals surface area (Å²) in [6.07, 6.45) is 2.85. The van der Waals surface area contributed by atoms with Gasteiger partial charge in [0.1, 0.15) is 0 Å². The minimum absolute atomic E-state index is 0.300. The molecule has 2 aromatic carbocycles. The molecular weight excluding hydrogens is 422 g/mol. The summed E-state index contributed by atoms with van der Waals surface area (Å²) in [5.74, 6) is 0.526. The van der Waals surface area contributed by atoms with Crippen LogP contribution in [0.4, 0.5) is 5.69 Å². The van der Waals surface area contributed by atoms with Crippen molar-refractivity contribution in [2.75, 3.05) is 37.7 Å². The van der Waals surface area contributed by atoms with Crippen LogP contribution in [0.2, 0.25) is 0 Å². The standard InChI is InChI=1S/C25H33N3O3S/c1-3-28(4-2)25-10-9-21(32(29,30)26-14-11-19-12-15-31-16-13-19)18-22(25)24-17-20-7-5-6-8-23(20)27-24/h5-10,17-19,26-27H,3-4,11-16H2,1-2H3. The maximum absolute atomic E-state index is 13.1. The zero-order valence-corrected chi connectivity index (χ0v) is 19.7. The molecule has 1 saturated heterocycles. The topological polar surface area (TPSA) is 74.4 Å². The highest BCUT2D eigenvalue weighted by molar-refractivity contribution is 7.89. The molecule has 1 aliphatic rings. The van der Waals surface area contributed by atoms with Crippen LogP contribution in [-0.2, 0) is 14.8 Å². The molecule has 3 aromatic rings. The van der Waals surface area contributed by atoms with Crippen LogP contribution in [0.15, 0.2) is 53.4 Å². The SMILES string of the molecule is CCN(CC)c1ccc(S(=O)(=O)NCCC2CCOCC2)cc1-c1cc2ccccc2[nH]1. The lowest BCUT2D eigenvalue weighted by molar-refractivity contribution is 0.0644. The largest absolute Gasteiger partial charge is 0.381 e. The molecule has 1 aliphatic heterocycles. The van der Waals surface area contributed by atoms with E-state index in [1.807, 2.05) is 24.3 Å². The van der Waals surface area contributed by atoms with Crippen LogP contribution >= 0.6 is 0 Å². The van der Waals surface area contributed by atoms with Crippen LogP contribution in [0.1, 0.15) is 33.1 Å². The predicted octanol–water partition coefficient (Wildman–Crippen LogP) is 4.78. The molecule has 0 aliphatic carbocycles. The van der Waals surface area contributed by atoms with Crippen molar-refractivity contribution in [3.05, 3.63) is 48.5 Å². The Kier molecular flexibility index (Phi) is 7.18. The third kappa shape index (κ3) is 5.00. The van der Waals surface area contributed by atoms with E-state index in [1.54, 1.807) is 12.1 Å². The summed E-state index contributed by atoms with van der Waals surface area (Å²) in [4.78, 5) is 6.01. The Balaban J connectivity index is 1.63. The number of hydrogen-bond acceptors (Lipinski definition) is 4. The number of nitrogens with one attached hydrogen (secondary N) is 2. The van der Waals surface area contributed by atoms with Crippen molar-refractivity contribution < 1.29 is 13.2 Å². The van der Waals surface area contributed by atoms with Gasteiger partial charge in [0.2, 0.25) is 10.0 Å². The Morgan fingerprint density at radius 1 is 1.06 bits per heavy atom. The molecule has 7 heteroatoms. The Bertz CT molecular complexity index is 1110. The van der Waals surface area contributed by atoms with E-state index in [4.69, 9.17) is 4.74 Å². The molecule has 172 valence electrons. The highest BCUT2D eigenvalue weighted by Crippen LogP contribution is 2.34. The molecular formula is C25H33N3O3S. The lowest BCUT2D eigenvalue weighted by atomic mass is 9.97. The van der Waals surface area contributed by atoms with Gasteiger partial charge < -0.3 is 14.6 Å². The van der Waals surface area contributed by atoms with Gasteiger partial charge in [0, 0.05) is 60.7 Å². The van der Waals surface area contributed by atoms with E-state index in [0.29, 0.717) is 17.4 Å². The molecule has 6 nitrogen and oxygen atoms in total. The third-order valence-corrected chi connectivity index (χ3v) is 7.85. The second-order valence-electron chi connectivity index (χ2n) is 8.36. The lowest BCUT2D eigenvalue weighted by Crippen LogP contribution is -2.28. The predicted molar refractivity (Wildman–Crippen MR) is 131 cm³/mol. The Morgan fingerprint density at radius 2 is 1.81 bits per heavy atom. The van der Waals surface area contributed by atoms with Gasteiger partial charge in [-0.2, -0.15) is 0 Å². The van der Waals surface area contributed by atoms with E-state index >= 15 is 0 Å². The number of sulfonamides is 1. The van der Waals surface area contributed by atoms with Gasteiger partial charge in [-0.1, -0.05) is 18.2 Å². The summed E-state index contributed by atoms with van der Waals surface area (Å²) in [5.41, 5.74) is 3.89. The van der Waals surface area contributed by atoms with Gasteiger partial charge in [-0.15, -0.1) is 0 Å². The van der Waals surface area contributed by atoms with Crippen molar-refractivity contribution in [3.63, 3.8) is 0 Å². The van der Waals surface area contributed by atoms with Gasteiger partial charge in [0.05, 0.1) is 4.90 Å². The summed E-state index contributed by atoms with van der Waals surface area (Å²) in [6.45, 7) is 7.92. The van der Waals surface area contributed by atoms with Crippen molar-refractivity contribution >= 4 is 26.6 Å². The molecule has 0 unspecified atom stereocenters. The van der Waals surface area contributed by atoms with Crippen LogP contribution in [0.25, 0.3) is 22.2 Å². The van der Waals surface area contributed by atoms with Crippen LogP contribution in [0.3, 0.4) is 0 Å². The fourth-order valence-electron chi connectivity index (χ4n) is 4.47. The molecule has 32 heavy (non-hydrogen) atoms. The average Bonchev–Trinajstić information content (AvgIpc) is 3.25. The number of para-hydroxylation sites is 1. The molecule has 0 spiro atoms. The van der Waals surface area contributed by atoms with E-state index in [-0.39, 0.29) is 0 Å². The van der Waals surface area contributed by atoms with Gasteiger partial charge in [-0.25, -0.2) is 13.1 Å². The fraction of sp³-hybridized carbons (Fsp3) is 0.440. The number of rotatable bonds is 9.